The fourth-order valence-corrected chi connectivity index (χ4v) is 2.81. The summed E-state index contributed by atoms with van der Waals surface area (Å²) in [6.07, 6.45) is -4.15. The van der Waals surface area contributed by atoms with Crippen molar-refractivity contribution in [3.05, 3.63) is 29.8 Å². The third-order valence-corrected chi connectivity index (χ3v) is 4.04. The van der Waals surface area contributed by atoms with Gasteiger partial charge in [-0.2, -0.15) is 13.2 Å². The van der Waals surface area contributed by atoms with E-state index >= 15 is 0 Å². The maximum absolute atomic E-state index is 13.0. The number of hydrogen-bond acceptors (Lipinski definition) is 3. The van der Waals surface area contributed by atoms with Crippen LogP contribution in [0.5, 0.6) is 5.75 Å². The Bertz CT molecular complexity index is 563. The Morgan fingerprint density at radius 3 is 2.65 bits per heavy atom. The summed E-state index contributed by atoms with van der Waals surface area (Å²) in [6, 6.07) is 4.91. The topological polar surface area (TPSA) is 55.6 Å². The van der Waals surface area contributed by atoms with Gasteiger partial charge in [0.05, 0.1) is 5.56 Å². The van der Waals surface area contributed by atoms with E-state index < -0.39 is 17.8 Å². The van der Waals surface area contributed by atoms with Gasteiger partial charge in [-0.1, -0.05) is 12.1 Å². The first-order chi connectivity index (χ1) is 10.7. The maximum atomic E-state index is 13.0. The molecule has 0 aliphatic carbocycles. The Hall–Kier alpha value is -1.76. The third-order valence-electron chi connectivity index (χ3n) is 4.04. The van der Waals surface area contributed by atoms with Gasteiger partial charge in [0, 0.05) is 18.6 Å². The molecular weight excluding hydrogens is 309 g/mol. The van der Waals surface area contributed by atoms with E-state index in [1.807, 2.05) is 6.92 Å². The number of ether oxygens (including phenoxy) is 1. The number of carbonyl (C=O) groups is 1. The first-order valence-electron chi connectivity index (χ1n) is 7.59. The summed E-state index contributed by atoms with van der Waals surface area (Å²) in [4.78, 5) is 14.1. The third kappa shape index (κ3) is 4.16. The molecule has 1 fully saturated rings. The number of para-hydroxylation sites is 1. The van der Waals surface area contributed by atoms with Gasteiger partial charge in [0.2, 0.25) is 0 Å². The van der Waals surface area contributed by atoms with Gasteiger partial charge in [-0.05, 0) is 38.8 Å². The Morgan fingerprint density at radius 2 is 2.04 bits per heavy atom. The van der Waals surface area contributed by atoms with Crippen molar-refractivity contribution in [3.63, 3.8) is 0 Å². The fourth-order valence-electron chi connectivity index (χ4n) is 2.81. The summed E-state index contributed by atoms with van der Waals surface area (Å²) in [5.74, 6) is -0.649. The van der Waals surface area contributed by atoms with Gasteiger partial charge < -0.3 is 15.4 Å². The first kappa shape index (κ1) is 17.6. The van der Waals surface area contributed by atoms with Crippen LogP contribution in [0.4, 0.5) is 13.2 Å². The van der Waals surface area contributed by atoms with Crippen molar-refractivity contribution in [3.8, 4) is 5.75 Å². The molecule has 7 heteroatoms. The molecular formula is C16H21F3N2O2. The van der Waals surface area contributed by atoms with Crippen LogP contribution in [-0.2, 0) is 11.0 Å². The van der Waals surface area contributed by atoms with E-state index in [-0.39, 0.29) is 23.7 Å². The number of nitrogens with two attached hydrogens (primary N) is 1. The highest BCUT2D eigenvalue weighted by Crippen LogP contribution is 2.36. The lowest BCUT2D eigenvalue weighted by atomic mass is 9.98. The number of nitrogens with zero attached hydrogens (tertiary/aromatic N) is 1. The largest absolute Gasteiger partial charge is 0.480 e. The Labute approximate surface area is 133 Å². The molecule has 1 aliphatic heterocycles. The van der Waals surface area contributed by atoms with E-state index in [0.29, 0.717) is 19.4 Å². The summed E-state index contributed by atoms with van der Waals surface area (Å²) < 4.78 is 44.2. The molecule has 2 rings (SSSR count). The average molecular weight is 330 g/mol. The van der Waals surface area contributed by atoms with Crippen molar-refractivity contribution in [1.29, 1.82) is 0 Å². The molecule has 0 bridgehead atoms. The molecule has 0 saturated carbocycles. The van der Waals surface area contributed by atoms with Crippen molar-refractivity contribution >= 4 is 5.91 Å². The van der Waals surface area contributed by atoms with E-state index in [1.165, 1.54) is 25.1 Å². The van der Waals surface area contributed by atoms with Crippen molar-refractivity contribution < 1.29 is 22.7 Å². The molecule has 1 saturated heterocycles. The SMILES string of the molecule is C[C@H](Oc1ccccc1C(F)(F)F)C(=O)N1CC[C@@H](N)C[C@@H]1C. The van der Waals surface area contributed by atoms with Crippen LogP contribution in [0.1, 0.15) is 32.3 Å². The second-order valence-corrected chi connectivity index (χ2v) is 5.92. The zero-order valence-corrected chi connectivity index (χ0v) is 13.1. The molecule has 2 N–H and O–H groups in total. The minimum atomic E-state index is -4.52. The maximum Gasteiger partial charge on any atom is 0.419 e. The van der Waals surface area contributed by atoms with Crippen LogP contribution in [0, 0.1) is 0 Å². The predicted molar refractivity (Wildman–Crippen MR) is 79.9 cm³/mol. The Balaban J connectivity index is 2.10. The molecule has 23 heavy (non-hydrogen) atoms. The lowest BCUT2D eigenvalue weighted by molar-refractivity contribution is -0.145. The fraction of sp³-hybridized carbons (Fsp3) is 0.562. The van der Waals surface area contributed by atoms with Gasteiger partial charge in [-0.15, -0.1) is 0 Å². The lowest BCUT2D eigenvalue weighted by Gasteiger charge is -2.37. The Kier molecular flexibility index (Phi) is 5.19. The lowest BCUT2D eigenvalue weighted by Crippen LogP contribution is -2.52. The van der Waals surface area contributed by atoms with E-state index in [2.05, 4.69) is 0 Å². The highest BCUT2D eigenvalue weighted by atomic mass is 19.4. The van der Waals surface area contributed by atoms with Crippen molar-refractivity contribution in [2.75, 3.05) is 6.54 Å². The molecule has 1 aromatic carbocycles. The second-order valence-electron chi connectivity index (χ2n) is 5.92. The Morgan fingerprint density at radius 1 is 1.39 bits per heavy atom. The number of alkyl halides is 3. The summed E-state index contributed by atoms with van der Waals surface area (Å²) in [6.45, 7) is 3.85. The number of halogens is 3. The monoisotopic (exact) mass is 330 g/mol. The summed E-state index contributed by atoms with van der Waals surface area (Å²) >= 11 is 0. The van der Waals surface area contributed by atoms with E-state index in [0.717, 1.165) is 6.07 Å². The van der Waals surface area contributed by atoms with E-state index in [4.69, 9.17) is 10.5 Å². The van der Waals surface area contributed by atoms with Gasteiger partial charge in [0.25, 0.3) is 5.91 Å². The van der Waals surface area contributed by atoms with Crippen LogP contribution >= 0.6 is 0 Å². The van der Waals surface area contributed by atoms with Gasteiger partial charge in [-0.25, -0.2) is 0 Å². The number of rotatable bonds is 3. The molecule has 0 unspecified atom stereocenters. The molecule has 128 valence electrons. The summed E-state index contributed by atoms with van der Waals surface area (Å²) in [5.41, 5.74) is 4.98. The van der Waals surface area contributed by atoms with E-state index in [1.54, 1.807) is 4.90 Å². The van der Waals surface area contributed by atoms with Gasteiger partial charge in [-0.3, -0.25) is 4.79 Å². The molecule has 4 nitrogen and oxygen atoms in total. The van der Waals surface area contributed by atoms with Crippen LogP contribution in [0.15, 0.2) is 24.3 Å². The number of likely N-dealkylation sites (tertiary alicyclic amines) is 1. The van der Waals surface area contributed by atoms with Crippen molar-refractivity contribution in [1.82, 2.24) is 4.90 Å². The summed E-state index contributed by atoms with van der Waals surface area (Å²) in [7, 11) is 0. The molecule has 3 atom stereocenters. The number of hydrogen-bond donors (Lipinski definition) is 1. The summed E-state index contributed by atoms with van der Waals surface area (Å²) in [5, 5.41) is 0. The zero-order chi connectivity index (χ0) is 17.2. The number of benzene rings is 1. The predicted octanol–water partition coefficient (Wildman–Crippen LogP) is 2.81. The average Bonchev–Trinajstić information content (AvgIpc) is 2.46. The quantitative estimate of drug-likeness (QED) is 0.927. The first-order valence-corrected chi connectivity index (χ1v) is 7.59. The van der Waals surface area contributed by atoms with Gasteiger partial charge in [0.15, 0.2) is 6.10 Å². The molecule has 0 aromatic heterocycles. The molecule has 1 aliphatic rings. The van der Waals surface area contributed by atoms with Crippen LogP contribution in [-0.4, -0.2) is 35.5 Å². The molecule has 1 heterocycles. The van der Waals surface area contributed by atoms with Crippen LogP contribution < -0.4 is 10.5 Å². The number of amides is 1. The van der Waals surface area contributed by atoms with Gasteiger partial charge >= 0.3 is 6.18 Å². The minimum absolute atomic E-state index is 0.0461. The number of piperidine rings is 1. The molecule has 0 spiro atoms. The van der Waals surface area contributed by atoms with Gasteiger partial charge in [0.1, 0.15) is 5.75 Å². The highest BCUT2D eigenvalue weighted by molar-refractivity contribution is 5.81. The van der Waals surface area contributed by atoms with E-state index in [9.17, 15) is 18.0 Å². The smallest absolute Gasteiger partial charge is 0.419 e. The van der Waals surface area contributed by atoms with Crippen LogP contribution in [0.3, 0.4) is 0 Å². The zero-order valence-electron chi connectivity index (χ0n) is 13.1. The highest BCUT2D eigenvalue weighted by Gasteiger charge is 2.36. The molecule has 1 aromatic rings. The normalized spacial score (nSPS) is 23.5. The molecule has 1 amide bonds. The van der Waals surface area contributed by atoms with Crippen LogP contribution in [0.25, 0.3) is 0 Å². The minimum Gasteiger partial charge on any atom is -0.480 e. The molecule has 0 radical (unpaired) electrons. The van der Waals surface area contributed by atoms with Crippen LogP contribution in [0.2, 0.25) is 0 Å². The second kappa shape index (κ2) is 6.78. The van der Waals surface area contributed by atoms with Crippen molar-refractivity contribution in [2.24, 2.45) is 5.73 Å². The standard InChI is InChI=1S/C16H21F3N2O2/c1-10-9-12(20)7-8-21(10)15(22)11(2)23-14-6-4-3-5-13(14)16(17,18)19/h3-6,10-12H,7-9,20H2,1-2H3/t10-,11-,12+/m0/s1. The number of carbonyl (C=O) groups excluding carboxylic acids is 1. The van der Waals surface area contributed by atoms with Crippen molar-refractivity contribution in [2.45, 2.75) is 51.1 Å².